The zero-order valence-electron chi connectivity index (χ0n) is 9.38. The Hall–Kier alpha value is -1.66. The fourth-order valence-corrected chi connectivity index (χ4v) is 2.56. The van der Waals surface area contributed by atoms with Crippen LogP contribution in [0.3, 0.4) is 0 Å². The second-order valence-corrected chi connectivity index (χ2v) is 4.94. The first-order chi connectivity index (χ1) is 8.54. The molecule has 1 fully saturated rings. The van der Waals surface area contributed by atoms with Crippen LogP contribution in [0.2, 0.25) is 0 Å². The number of carbonyl (C=O) groups is 3. The van der Waals surface area contributed by atoms with Crippen molar-refractivity contribution in [3.8, 4) is 0 Å². The summed E-state index contributed by atoms with van der Waals surface area (Å²) < 4.78 is 0. The zero-order valence-corrected chi connectivity index (χ0v) is 10.2. The molecular weight excluding hydrogens is 254 g/mol. The monoisotopic (exact) mass is 265 g/mol. The SMILES string of the molecule is O=C(O)CC1(NCc2ccccc2)C(=O)SC1=O. The van der Waals surface area contributed by atoms with Crippen LogP contribution in [0, 0.1) is 0 Å². The van der Waals surface area contributed by atoms with Crippen LogP contribution in [0.25, 0.3) is 0 Å². The molecule has 1 aromatic carbocycles. The maximum absolute atomic E-state index is 11.5. The van der Waals surface area contributed by atoms with Crippen molar-refractivity contribution in [2.24, 2.45) is 0 Å². The summed E-state index contributed by atoms with van der Waals surface area (Å²) in [6.45, 7) is 0.284. The highest BCUT2D eigenvalue weighted by Gasteiger charge is 2.57. The van der Waals surface area contributed by atoms with Crippen molar-refractivity contribution in [1.29, 1.82) is 0 Å². The van der Waals surface area contributed by atoms with Crippen molar-refractivity contribution < 1.29 is 19.5 Å². The Morgan fingerprint density at radius 1 is 1.22 bits per heavy atom. The molecule has 5 nitrogen and oxygen atoms in total. The molecule has 18 heavy (non-hydrogen) atoms. The zero-order chi connectivity index (χ0) is 13.2. The van der Waals surface area contributed by atoms with Crippen molar-refractivity contribution in [3.63, 3.8) is 0 Å². The third-order valence-electron chi connectivity index (χ3n) is 2.74. The van der Waals surface area contributed by atoms with E-state index >= 15 is 0 Å². The van der Waals surface area contributed by atoms with Gasteiger partial charge < -0.3 is 5.11 Å². The van der Waals surface area contributed by atoms with Crippen LogP contribution < -0.4 is 5.32 Å². The van der Waals surface area contributed by atoms with E-state index in [0.29, 0.717) is 11.8 Å². The molecule has 94 valence electrons. The number of carboxylic acids is 1. The molecule has 0 spiro atoms. The highest BCUT2D eigenvalue weighted by atomic mass is 32.2. The van der Waals surface area contributed by atoms with E-state index < -0.39 is 28.2 Å². The van der Waals surface area contributed by atoms with Crippen LogP contribution in [0.5, 0.6) is 0 Å². The van der Waals surface area contributed by atoms with Gasteiger partial charge in [0.15, 0.2) is 5.54 Å². The fraction of sp³-hybridized carbons (Fsp3) is 0.250. The van der Waals surface area contributed by atoms with Crippen molar-refractivity contribution in [2.75, 3.05) is 0 Å². The topological polar surface area (TPSA) is 83.5 Å². The summed E-state index contributed by atoms with van der Waals surface area (Å²) in [6, 6.07) is 9.19. The molecule has 0 amide bonds. The van der Waals surface area contributed by atoms with Crippen LogP contribution in [-0.4, -0.2) is 26.8 Å². The van der Waals surface area contributed by atoms with Crippen LogP contribution in [0.15, 0.2) is 30.3 Å². The largest absolute Gasteiger partial charge is 0.481 e. The molecule has 2 rings (SSSR count). The molecule has 0 saturated carbocycles. The van der Waals surface area contributed by atoms with Gasteiger partial charge in [0.25, 0.3) is 0 Å². The second-order valence-electron chi connectivity index (χ2n) is 3.99. The summed E-state index contributed by atoms with van der Waals surface area (Å²) in [7, 11) is 0. The van der Waals surface area contributed by atoms with E-state index in [-0.39, 0.29) is 6.54 Å². The Morgan fingerprint density at radius 3 is 2.33 bits per heavy atom. The number of thioether (sulfide) groups is 1. The van der Waals surface area contributed by atoms with Gasteiger partial charge in [0, 0.05) is 6.54 Å². The van der Waals surface area contributed by atoms with E-state index in [4.69, 9.17) is 5.11 Å². The van der Waals surface area contributed by atoms with E-state index in [0.717, 1.165) is 5.56 Å². The number of hydrogen-bond donors (Lipinski definition) is 2. The van der Waals surface area contributed by atoms with Gasteiger partial charge in [-0.2, -0.15) is 0 Å². The third kappa shape index (κ3) is 2.30. The molecule has 1 heterocycles. The molecule has 1 aliphatic rings. The van der Waals surface area contributed by atoms with E-state index in [1.54, 1.807) is 0 Å². The minimum absolute atomic E-state index is 0.284. The van der Waals surface area contributed by atoms with Gasteiger partial charge in [0.2, 0.25) is 10.2 Å². The van der Waals surface area contributed by atoms with Crippen LogP contribution in [0.4, 0.5) is 0 Å². The lowest BCUT2D eigenvalue weighted by molar-refractivity contribution is -0.144. The minimum Gasteiger partial charge on any atom is -0.481 e. The number of benzene rings is 1. The van der Waals surface area contributed by atoms with Gasteiger partial charge in [-0.25, -0.2) is 0 Å². The van der Waals surface area contributed by atoms with Crippen molar-refractivity contribution >= 4 is 28.0 Å². The minimum atomic E-state index is -1.55. The number of carbonyl (C=O) groups excluding carboxylic acids is 2. The van der Waals surface area contributed by atoms with Crippen molar-refractivity contribution in [1.82, 2.24) is 5.32 Å². The smallest absolute Gasteiger partial charge is 0.306 e. The molecule has 1 aliphatic heterocycles. The highest BCUT2D eigenvalue weighted by Crippen LogP contribution is 2.36. The summed E-state index contributed by atoms with van der Waals surface area (Å²) in [5.74, 6) is -1.17. The van der Waals surface area contributed by atoms with E-state index in [1.165, 1.54) is 0 Å². The van der Waals surface area contributed by atoms with E-state index in [9.17, 15) is 14.4 Å². The average Bonchev–Trinajstić information content (AvgIpc) is 2.35. The van der Waals surface area contributed by atoms with E-state index in [2.05, 4.69) is 5.32 Å². The molecule has 6 heteroatoms. The summed E-state index contributed by atoms with van der Waals surface area (Å²) in [5.41, 5.74) is -0.661. The van der Waals surface area contributed by atoms with Crippen LogP contribution >= 0.6 is 11.8 Å². The number of hydrogen-bond acceptors (Lipinski definition) is 5. The average molecular weight is 265 g/mol. The maximum atomic E-state index is 11.5. The summed E-state index contributed by atoms with van der Waals surface area (Å²) in [5, 5.41) is 10.7. The van der Waals surface area contributed by atoms with Crippen molar-refractivity contribution in [2.45, 2.75) is 18.5 Å². The molecule has 0 bridgehead atoms. The Kier molecular flexibility index (Phi) is 3.49. The molecule has 2 N–H and O–H groups in total. The Bertz CT molecular complexity index is 486. The standard InChI is InChI=1S/C12H11NO4S/c14-9(15)6-12(10(16)18-11(12)17)13-7-8-4-2-1-3-5-8/h1-5,13H,6-7H2,(H,14,15). The lowest BCUT2D eigenvalue weighted by Crippen LogP contribution is -2.63. The Morgan fingerprint density at radius 2 is 1.83 bits per heavy atom. The quantitative estimate of drug-likeness (QED) is 0.766. The first-order valence-corrected chi connectivity index (χ1v) is 6.14. The third-order valence-corrected chi connectivity index (χ3v) is 3.80. The first-order valence-electron chi connectivity index (χ1n) is 5.32. The molecule has 0 aliphatic carbocycles. The summed E-state index contributed by atoms with van der Waals surface area (Å²) >= 11 is 0.564. The molecule has 0 aromatic heterocycles. The predicted molar refractivity (Wildman–Crippen MR) is 65.9 cm³/mol. The predicted octanol–water partition coefficient (Wildman–Crippen LogP) is 0.790. The second kappa shape index (κ2) is 4.91. The number of carboxylic acid groups (broad SMARTS) is 1. The summed E-state index contributed by atoms with van der Waals surface area (Å²) in [4.78, 5) is 33.8. The Balaban J connectivity index is 2.10. The van der Waals surface area contributed by atoms with Gasteiger partial charge in [-0.3, -0.25) is 19.7 Å². The van der Waals surface area contributed by atoms with Gasteiger partial charge in [0.1, 0.15) is 0 Å². The Labute approximate surface area is 108 Å². The number of rotatable bonds is 5. The fourth-order valence-electron chi connectivity index (χ4n) is 1.72. The maximum Gasteiger partial charge on any atom is 0.306 e. The molecule has 0 radical (unpaired) electrons. The molecule has 0 unspecified atom stereocenters. The molecule has 0 atom stereocenters. The first kappa shape index (κ1) is 12.8. The molecular formula is C12H11NO4S. The lowest BCUT2D eigenvalue weighted by atomic mass is 9.96. The number of aliphatic carboxylic acids is 1. The summed E-state index contributed by atoms with van der Waals surface area (Å²) in [6.07, 6.45) is -0.509. The van der Waals surface area contributed by atoms with Crippen LogP contribution in [-0.2, 0) is 20.9 Å². The van der Waals surface area contributed by atoms with Gasteiger partial charge in [-0.15, -0.1) is 0 Å². The lowest BCUT2D eigenvalue weighted by Gasteiger charge is -2.36. The van der Waals surface area contributed by atoms with Gasteiger partial charge in [-0.1, -0.05) is 30.3 Å². The normalized spacial score (nSPS) is 17.3. The van der Waals surface area contributed by atoms with Crippen LogP contribution in [0.1, 0.15) is 12.0 Å². The van der Waals surface area contributed by atoms with Gasteiger partial charge in [0.05, 0.1) is 6.42 Å². The highest BCUT2D eigenvalue weighted by molar-refractivity contribution is 8.30. The van der Waals surface area contributed by atoms with E-state index in [1.807, 2.05) is 30.3 Å². The molecule has 1 saturated heterocycles. The molecule has 1 aromatic rings. The van der Waals surface area contributed by atoms with Gasteiger partial charge in [-0.05, 0) is 17.3 Å². The van der Waals surface area contributed by atoms with Gasteiger partial charge >= 0.3 is 5.97 Å². The number of nitrogens with one attached hydrogen (secondary N) is 1. The van der Waals surface area contributed by atoms with Crippen molar-refractivity contribution in [3.05, 3.63) is 35.9 Å².